The Bertz CT molecular complexity index is 450. The van der Waals surface area contributed by atoms with Gasteiger partial charge >= 0.3 is 0 Å². The van der Waals surface area contributed by atoms with E-state index in [1.807, 2.05) is 6.07 Å². The first-order valence-electron chi connectivity index (χ1n) is 6.08. The van der Waals surface area contributed by atoms with E-state index in [1.54, 1.807) is 23.9 Å². The second-order valence-corrected chi connectivity index (χ2v) is 4.65. The number of nitriles is 1. The molecule has 4 heteroatoms. The van der Waals surface area contributed by atoms with Gasteiger partial charge < -0.3 is 9.88 Å². The molecule has 1 aromatic rings. The number of rotatable bonds is 2. The first-order valence-corrected chi connectivity index (χ1v) is 6.08. The molecule has 0 radical (unpaired) electrons. The smallest absolute Gasteiger partial charge is 0.268 e. The molecule has 1 fully saturated rings. The van der Waals surface area contributed by atoms with E-state index in [0.29, 0.717) is 17.3 Å². The van der Waals surface area contributed by atoms with Gasteiger partial charge in [0.2, 0.25) is 0 Å². The van der Waals surface area contributed by atoms with Crippen molar-refractivity contribution in [3.05, 3.63) is 23.5 Å². The molecule has 2 rings (SSSR count). The van der Waals surface area contributed by atoms with Gasteiger partial charge in [-0.2, -0.15) is 5.26 Å². The van der Waals surface area contributed by atoms with Gasteiger partial charge in [-0.05, 0) is 18.9 Å². The maximum atomic E-state index is 12.0. The largest absolute Gasteiger partial charge is 0.348 e. The predicted octanol–water partition coefficient (Wildman–Crippen LogP) is 1.96. The summed E-state index contributed by atoms with van der Waals surface area (Å²) in [5, 5.41) is 11.8. The van der Waals surface area contributed by atoms with E-state index in [9.17, 15) is 4.79 Å². The Morgan fingerprint density at radius 2 is 2.18 bits per heavy atom. The number of hydrogen-bond acceptors (Lipinski definition) is 2. The summed E-state index contributed by atoms with van der Waals surface area (Å²) in [4.78, 5) is 12.0. The summed E-state index contributed by atoms with van der Waals surface area (Å²) in [6.45, 7) is 0. The van der Waals surface area contributed by atoms with Crippen molar-refractivity contribution in [3.63, 3.8) is 0 Å². The zero-order valence-corrected chi connectivity index (χ0v) is 10.1. The van der Waals surface area contributed by atoms with Crippen LogP contribution in [-0.4, -0.2) is 16.5 Å². The van der Waals surface area contributed by atoms with Crippen LogP contribution in [0, 0.1) is 11.3 Å². The summed E-state index contributed by atoms with van der Waals surface area (Å²) in [6, 6.07) is 3.99. The Labute approximate surface area is 101 Å². The summed E-state index contributed by atoms with van der Waals surface area (Å²) >= 11 is 0. The lowest BCUT2D eigenvalue weighted by molar-refractivity contribution is 0.0919. The molecule has 1 heterocycles. The molecule has 0 bridgehead atoms. The van der Waals surface area contributed by atoms with Crippen molar-refractivity contribution >= 4 is 5.91 Å². The lowest BCUT2D eigenvalue weighted by Gasteiger charge is -2.22. The Morgan fingerprint density at radius 1 is 1.47 bits per heavy atom. The Kier molecular flexibility index (Phi) is 3.48. The topological polar surface area (TPSA) is 57.8 Å². The molecule has 0 saturated heterocycles. The second-order valence-electron chi connectivity index (χ2n) is 4.65. The van der Waals surface area contributed by atoms with Crippen molar-refractivity contribution in [2.45, 2.75) is 38.1 Å². The number of carbonyl (C=O) groups is 1. The number of nitrogens with zero attached hydrogens (tertiary/aromatic N) is 2. The van der Waals surface area contributed by atoms with E-state index in [1.165, 1.54) is 19.3 Å². The van der Waals surface area contributed by atoms with Gasteiger partial charge in [-0.15, -0.1) is 0 Å². The number of aryl methyl sites for hydroxylation is 1. The van der Waals surface area contributed by atoms with E-state index >= 15 is 0 Å². The lowest BCUT2D eigenvalue weighted by Crippen LogP contribution is -2.36. The lowest BCUT2D eigenvalue weighted by atomic mass is 9.95. The SMILES string of the molecule is Cn1cc(C#N)cc1C(=O)NC1CCCCC1. The summed E-state index contributed by atoms with van der Waals surface area (Å²) < 4.78 is 1.71. The van der Waals surface area contributed by atoms with Crippen LogP contribution >= 0.6 is 0 Å². The van der Waals surface area contributed by atoms with Crippen molar-refractivity contribution in [1.29, 1.82) is 5.26 Å². The molecule has 0 aromatic carbocycles. The molecule has 1 N–H and O–H groups in total. The molecule has 0 atom stereocenters. The monoisotopic (exact) mass is 231 g/mol. The van der Waals surface area contributed by atoms with Crippen LogP contribution in [0.1, 0.15) is 48.2 Å². The third kappa shape index (κ3) is 2.68. The summed E-state index contributed by atoms with van der Waals surface area (Å²) in [5.41, 5.74) is 1.09. The maximum absolute atomic E-state index is 12.0. The van der Waals surface area contributed by atoms with E-state index in [2.05, 4.69) is 5.32 Å². The van der Waals surface area contributed by atoms with Crippen LogP contribution in [0.5, 0.6) is 0 Å². The minimum absolute atomic E-state index is 0.0686. The van der Waals surface area contributed by atoms with Gasteiger partial charge in [0.1, 0.15) is 11.8 Å². The minimum Gasteiger partial charge on any atom is -0.348 e. The molecule has 17 heavy (non-hydrogen) atoms. The predicted molar refractivity (Wildman–Crippen MR) is 64.5 cm³/mol. The normalized spacial score (nSPS) is 16.5. The van der Waals surface area contributed by atoms with Crippen LogP contribution in [0.4, 0.5) is 0 Å². The van der Waals surface area contributed by atoms with E-state index in [-0.39, 0.29) is 5.91 Å². The molecule has 0 aliphatic heterocycles. The highest BCUT2D eigenvalue weighted by Crippen LogP contribution is 2.18. The quantitative estimate of drug-likeness (QED) is 0.845. The fourth-order valence-corrected chi connectivity index (χ4v) is 2.36. The zero-order valence-electron chi connectivity index (χ0n) is 10.1. The molecule has 0 unspecified atom stereocenters. The van der Waals surface area contributed by atoms with Crippen LogP contribution in [0.15, 0.2) is 12.3 Å². The van der Waals surface area contributed by atoms with Crippen molar-refractivity contribution in [2.24, 2.45) is 7.05 Å². The van der Waals surface area contributed by atoms with Crippen LogP contribution < -0.4 is 5.32 Å². The fraction of sp³-hybridized carbons (Fsp3) is 0.538. The van der Waals surface area contributed by atoms with E-state index in [4.69, 9.17) is 5.26 Å². The molecule has 4 nitrogen and oxygen atoms in total. The van der Waals surface area contributed by atoms with Gasteiger partial charge in [-0.1, -0.05) is 19.3 Å². The first kappa shape index (κ1) is 11.7. The molecule has 1 aliphatic carbocycles. The van der Waals surface area contributed by atoms with Gasteiger partial charge in [0, 0.05) is 19.3 Å². The maximum Gasteiger partial charge on any atom is 0.268 e. The van der Waals surface area contributed by atoms with Crippen molar-refractivity contribution < 1.29 is 4.79 Å². The Balaban J connectivity index is 2.03. The molecule has 0 spiro atoms. The molecular formula is C13H17N3O. The van der Waals surface area contributed by atoms with Gasteiger partial charge in [0.25, 0.3) is 5.91 Å². The van der Waals surface area contributed by atoms with Gasteiger partial charge in [0.05, 0.1) is 5.56 Å². The summed E-state index contributed by atoms with van der Waals surface area (Å²) in [7, 11) is 1.79. The molecule has 1 aromatic heterocycles. The zero-order chi connectivity index (χ0) is 12.3. The number of aromatic nitrogens is 1. The van der Waals surface area contributed by atoms with Gasteiger partial charge in [0.15, 0.2) is 0 Å². The number of nitrogens with one attached hydrogen (secondary N) is 1. The summed E-state index contributed by atoms with van der Waals surface area (Å²) in [6.07, 6.45) is 7.48. The molecule has 1 aliphatic rings. The molecule has 1 amide bonds. The van der Waals surface area contributed by atoms with Gasteiger partial charge in [-0.25, -0.2) is 0 Å². The van der Waals surface area contributed by atoms with E-state index < -0.39 is 0 Å². The van der Waals surface area contributed by atoms with Crippen LogP contribution in [0.25, 0.3) is 0 Å². The van der Waals surface area contributed by atoms with Crippen LogP contribution in [-0.2, 0) is 7.05 Å². The highest BCUT2D eigenvalue weighted by atomic mass is 16.2. The molecular weight excluding hydrogens is 214 g/mol. The second kappa shape index (κ2) is 5.05. The Hall–Kier alpha value is -1.76. The third-order valence-electron chi connectivity index (χ3n) is 3.31. The number of carbonyl (C=O) groups excluding carboxylic acids is 1. The first-order chi connectivity index (χ1) is 8.20. The Morgan fingerprint density at radius 3 is 2.76 bits per heavy atom. The van der Waals surface area contributed by atoms with Crippen molar-refractivity contribution in [2.75, 3.05) is 0 Å². The fourth-order valence-electron chi connectivity index (χ4n) is 2.36. The van der Waals surface area contributed by atoms with Crippen molar-refractivity contribution in [1.82, 2.24) is 9.88 Å². The van der Waals surface area contributed by atoms with Crippen LogP contribution in [0.3, 0.4) is 0 Å². The third-order valence-corrected chi connectivity index (χ3v) is 3.31. The average Bonchev–Trinajstić information content (AvgIpc) is 2.72. The molecule has 1 saturated carbocycles. The van der Waals surface area contributed by atoms with Crippen molar-refractivity contribution in [3.8, 4) is 6.07 Å². The minimum atomic E-state index is -0.0686. The highest BCUT2D eigenvalue weighted by molar-refractivity contribution is 5.93. The standard InChI is InChI=1S/C13H17N3O/c1-16-9-10(8-14)7-12(16)13(17)15-11-5-3-2-4-6-11/h7,9,11H,2-6H2,1H3,(H,15,17). The number of hydrogen-bond donors (Lipinski definition) is 1. The average molecular weight is 231 g/mol. The van der Waals surface area contributed by atoms with E-state index in [0.717, 1.165) is 12.8 Å². The van der Waals surface area contributed by atoms with Crippen LogP contribution in [0.2, 0.25) is 0 Å². The summed E-state index contributed by atoms with van der Waals surface area (Å²) in [5.74, 6) is -0.0686. The highest BCUT2D eigenvalue weighted by Gasteiger charge is 2.18. The van der Waals surface area contributed by atoms with Gasteiger partial charge in [-0.3, -0.25) is 4.79 Å². The molecule has 90 valence electrons. The number of amides is 1.